The molecule has 0 aromatic heterocycles. The molecule has 4 rings (SSSR count). The molecule has 2 spiro atoms. The molecule has 1 atom stereocenters. The van der Waals surface area contributed by atoms with E-state index in [1.165, 1.54) is 62.5 Å². The van der Waals surface area contributed by atoms with E-state index in [1.807, 2.05) is 0 Å². The average Bonchev–Trinajstić information content (AvgIpc) is 2.84. The van der Waals surface area contributed by atoms with Gasteiger partial charge in [-0.15, -0.1) is 0 Å². The van der Waals surface area contributed by atoms with E-state index in [-0.39, 0.29) is 11.2 Å². The fourth-order valence-corrected chi connectivity index (χ4v) is 4.61. The Balaban J connectivity index is 1.75. The summed E-state index contributed by atoms with van der Waals surface area (Å²) >= 11 is 0. The third kappa shape index (κ3) is 2.01. The molecular weight excluding hydrogens is 246 g/mol. The molecule has 1 N–H and O–H groups in total. The lowest BCUT2D eigenvalue weighted by Gasteiger charge is -2.48. The maximum Gasteiger partial charge on any atom is 0.107 e. The van der Waals surface area contributed by atoms with Crippen LogP contribution in [0.5, 0.6) is 0 Å². The van der Waals surface area contributed by atoms with Gasteiger partial charge in [0.15, 0.2) is 0 Å². The Kier molecular flexibility index (Phi) is 3.12. The normalized spacial score (nSPS) is 32.2. The molecule has 1 heterocycles. The van der Waals surface area contributed by atoms with E-state index in [0.717, 1.165) is 13.1 Å². The van der Waals surface area contributed by atoms with E-state index < -0.39 is 0 Å². The monoisotopic (exact) mass is 271 g/mol. The lowest BCUT2D eigenvalue weighted by atomic mass is 9.84. The second-order valence-corrected chi connectivity index (χ2v) is 6.95. The summed E-state index contributed by atoms with van der Waals surface area (Å²) in [6.45, 7) is 2.04. The second kappa shape index (κ2) is 4.85. The first-order valence-electron chi connectivity index (χ1n) is 8.31. The van der Waals surface area contributed by atoms with Crippen molar-refractivity contribution in [1.29, 1.82) is 0 Å². The molecule has 1 unspecified atom stereocenters. The van der Waals surface area contributed by atoms with Crippen LogP contribution in [0.25, 0.3) is 0 Å². The zero-order chi connectivity index (χ0) is 13.5. The maximum atomic E-state index is 6.91. The van der Waals surface area contributed by atoms with Crippen molar-refractivity contribution in [3.63, 3.8) is 0 Å². The summed E-state index contributed by atoms with van der Waals surface area (Å²) in [5, 5.41) is 3.72. The number of rotatable bonds is 0. The SMILES string of the molecule is c1ccc2c(c1)CCCCC21CNCC2(CCCC2)O1. The molecule has 0 amide bonds. The highest BCUT2D eigenvalue weighted by atomic mass is 16.5. The van der Waals surface area contributed by atoms with Crippen LogP contribution in [-0.4, -0.2) is 18.7 Å². The molecule has 3 aliphatic rings. The third-order valence-electron chi connectivity index (χ3n) is 5.57. The molecule has 1 aromatic carbocycles. The number of hydrogen-bond acceptors (Lipinski definition) is 2. The number of benzene rings is 1. The highest BCUT2D eigenvalue weighted by Crippen LogP contribution is 2.46. The van der Waals surface area contributed by atoms with Crippen LogP contribution in [0.3, 0.4) is 0 Å². The van der Waals surface area contributed by atoms with Gasteiger partial charge in [-0.05, 0) is 49.7 Å². The molecule has 2 fully saturated rings. The van der Waals surface area contributed by atoms with Crippen molar-refractivity contribution in [3.05, 3.63) is 35.4 Å². The van der Waals surface area contributed by atoms with Crippen molar-refractivity contribution in [1.82, 2.24) is 5.32 Å². The van der Waals surface area contributed by atoms with Gasteiger partial charge in [-0.2, -0.15) is 0 Å². The Morgan fingerprint density at radius 1 is 0.900 bits per heavy atom. The maximum absolute atomic E-state index is 6.91. The molecule has 1 aliphatic heterocycles. The van der Waals surface area contributed by atoms with Crippen LogP contribution >= 0.6 is 0 Å². The third-order valence-corrected chi connectivity index (χ3v) is 5.57. The molecule has 1 saturated carbocycles. The molecule has 0 bridgehead atoms. The summed E-state index contributed by atoms with van der Waals surface area (Å²) in [6, 6.07) is 8.99. The Morgan fingerprint density at radius 3 is 2.60 bits per heavy atom. The summed E-state index contributed by atoms with van der Waals surface area (Å²) < 4.78 is 6.91. The highest BCUT2D eigenvalue weighted by molar-refractivity contribution is 5.35. The predicted octanol–water partition coefficient (Wildman–Crippen LogP) is 3.54. The predicted molar refractivity (Wildman–Crippen MR) is 80.8 cm³/mol. The summed E-state index contributed by atoms with van der Waals surface area (Å²) in [5.41, 5.74) is 3.04. The van der Waals surface area contributed by atoms with E-state index in [0.29, 0.717) is 0 Å². The zero-order valence-corrected chi connectivity index (χ0v) is 12.3. The quantitative estimate of drug-likeness (QED) is 0.779. The molecule has 108 valence electrons. The second-order valence-electron chi connectivity index (χ2n) is 6.95. The van der Waals surface area contributed by atoms with E-state index in [4.69, 9.17) is 4.74 Å². The first kappa shape index (κ1) is 12.8. The summed E-state index contributed by atoms with van der Waals surface area (Å²) in [6.07, 6.45) is 10.1. The first-order chi connectivity index (χ1) is 9.82. The molecule has 2 aliphatic carbocycles. The number of morpholine rings is 1. The number of fused-ring (bicyclic) bond motifs is 2. The van der Waals surface area contributed by atoms with Gasteiger partial charge in [0.25, 0.3) is 0 Å². The number of aryl methyl sites for hydroxylation is 1. The lowest BCUT2D eigenvalue weighted by Crippen LogP contribution is -2.57. The van der Waals surface area contributed by atoms with Gasteiger partial charge in [0, 0.05) is 13.1 Å². The van der Waals surface area contributed by atoms with E-state index in [9.17, 15) is 0 Å². The van der Waals surface area contributed by atoms with Gasteiger partial charge in [-0.25, -0.2) is 0 Å². The first-order valence-corrected chi connectivity index (χ1v) is 8.31. The largest absolute Gasteiger partial charge is 0.361 e. The van der Waals surface area contributed by atoms with Gasteiger partial charge in [0.1, 0.15) is 5.60 Å². The van der Waals surface area contributed by atoms with Crippen LogP contribution < -0.4 is 5.32 Å². The van der Waals surface area contributed by atoms with Crippen LogP contribution in [-0.2, 0) is 16.8 Å². The summed E-state index contributed by atoms with van der Waals surface area (Å²) in [7, 11) is 0. The van der Waals surface area contributed by atoms with E-state index in [1.54, 1.807) is 0 Å². The minimum Gasteiger partial charge on any atom is -0.361 e. The molecule has 1 saturated heterocycles. The van der Waals surface area contributed by atoms with E-state index in [2.05, 4.69) is 29.6 Å². The zero-order valence-electron chi connectivity index (χ0n) is 12.3. The van der Waals surface area contributed by atoms with Gasteiger partial charge in [0.2, 0.25) is 0 Å². The number of nitrogens with one attached hydrogen (secondary N) is 1. The lowest BCUT2D eigenvalue weighted by molar-refractivity contribution is -0.184. The molecule has 1 aromatic rings. The van der Waals surface area contributed by atoms with Crippen LogP contribution in [0.4, 0.5) is 0 Å². The molecule has 2 heteroatoms. The number of ether oxygens (including phenoxy) is 1. The fraction of sp³-hybridized carbons (Fsp3) is 0.667. The fourth-order valence-electron chi connectivity index (χ4n) is 4.61. The van der Waals surface area contributed by atoms with Gasteiger partial charge in [-0.3, -0.25) is 0 Å². The molecule has 20 heavy (non-hydrogen) atoms. The summed E-state index contributed by atoms with van der Waals surface area (Å²) in [4.78, 5) is 0. The average molecular weight is 271 g/mol. The molecule has 0 radical (unpaired) electrons. The van der Waals surface area contributed by atoms with Crippen LogP contribution in [0, 0.1) is 0 Å². The van der Waals surface area contributed by atoms with Crippen LogP contribution in [0.15, 0.2) is 24.3 Å². The van der Waals surface area contributed by atoms with Crippen molar-refractivity contribution < 1.29 is 4.74 Å². The van der Waals surface area contributed by atoms with Gasteiger partial charge in [0.05, 0.1) is 5.60 Å². The smallest absolute Gasteiger partial charge is 0.107 e. The van der Waals surface area contributed by atoms with Crippen molar-refractivity contribution in [2.45, 2.75) is 62.6 Å². The van der Waals surface area contributed by atoms with Gasteiger partial charge >= 0.3 is 0 Å². The Morgan fingerprint density at radius 2 is 1.70 bits per heavy atom. The van der Waals surface area contributed by atoms with Crippen LogP contribution in [0.1, 0.15) is 56.1 Å². The number of hydrogen-bond donors (Lipinski definition) is 1. The topological polar surface area (TPSA) is 21.3 Å². The van der Waals surface area contributed by atoms with Gasteiger partial charge in [-0.1, -0.05) is 37.1 Å². The van der Waals surface area contributed by atoms with Crippen molar-refractivity contribution in [2.75, 3.05) is 13.1 Å². The molecular formula is C18H25NO. The van der Waals surface area contributed by atoms with Crippen LogP contribution in [0.2, 0.25) is 0 Å². The highest BCUT2D eigenvalue weighted by Gasteiger charge is 2.48. The minimum absolute atomic E-state index is 0.0598. The Labute approximate surface area is 121 Å². The standard InChI is InChI=1S/C18H25NO/c1-2-9-16-15(7-1)8-3-4-12-18(16)14-19-13-17(20-18)10-5-6-11-17/h1-2,7,9,19H,3-6,8,10-14H2. The Hall–Kier alpha value is -0.860. The van der Waals surface area contributed by atoms with Crippen molar-refractivity contribution >= 4 is 0 Å². The Bertz CT molecular complexity index is 492. The van der Waals surface area contributed by atoms with Crippen molar-refractivity contribution in [3.8, 4) is 0 Å². The summed E-state index contributed by atoms with van der Waals surface area (Å²) in [5.74, 6) is 0. The molecule has 2 nitrogen and oxygen atoms in total. The van der Waals surface area contributed by atoms with Gasteiger partial charge < -0.3 is 10.1 Å². The minimum atomic E-state index is -0.0598. The van der Waals surface area contributed by atoms with Crippen molar-refractivity contribution in [2.24, 2.45) is 0 Å². The van der Waals surface area contributed by atoms with E-state index >= 15 is 0 Å².